The molecule has 1 aliphatic rings. The monoisotopic (exact) mass is 362 g/mol. The van der Waals surface area contributed by atoms with Gasteiger partial charge in [-0.3, -0.25) is 10.1 Å². The van der Waals surface area contributed by atoms with Crippen molar-refractivity contribution in [1.29, 1.82) is 0 Å². The van der Waals surface area contributed by atoms with Crippen LogP contribution < -0.4 is 4.90 Å². The van der Waals surface area contributed by atoms with Crippen LogP contribution in [0.4, 0.5) is 26.0 Å². The second-order valence-electron chi connectivity index (χ2n) is 5.57. The maximum atomic E-state index is 13.8. The van der Waals surface area contributed by atoms with Crippen molar-refractivity contribution in [1.82, 2.24) is 9.97 Å². The molecule has 9 heteroatoms. The van der Waals surface area contributed by atoms with Crippen LogP contribution in [0.3, 0.4) is 0 Å². The number of hydrogen-bond acceptors (Lipinski definition) is 5. The van der Waals surface area contributed by atoms with Gasteiger partial charge in [-0.05, 0) is 24.1 Å². The quantitative estimate of drug-likeness (QED) is 0.505. The zero-order valence-electron chi connectivity index (χ0n) is 12.5. The predicted octanol–water partition coefficient (Wildman–Crippen LogP) is 4.16. The molecule has 25 heavy (non-hydrogen) atoms. The first-order valence-corrected chi connectivity index (χ1v) is 7.67. The van der Waals surface area contributed by atoms with Crippen molar-refractivity contribution in [2.24, 2.45) is 0 Å². The number of nitrogens with zero attached hydrogens (tertiary/aromatic N) is 4. The third-order valence-electron chi connectivity index (χ3n) is 4.15. The summed E-state index contributed by atoms with van der Waals surface area (Å²) < 4.78 is 27.5. The van der Waals surface area contributed by atoms with Crippen LogP contribution >= 0.6 is 11.6 Å². The van der Waals surface area contributed by atoms with Crippen LogP contribution in [0.25, 0.3) is 10.9 Å². The van der Waals surface area contributed by atoms with E-state index < -0.39 is 22.2 Å². The molecular formula is C16H9ClF2N4O2. The maximum absolute atomic E-state index is 13.8. The van der Waals surface area contributed by atoms with Crippen molar-refractivity contribution >= 4 is 39.7 Å². The molecule has 0 atom stereocenters. The summed E-state index contributed by atoms with van der Waals surface area (Å²) in [5.74, 6) is -1.09. The number of aromatic nitrogens is 2. The molecule has 0 saturated carbocycles. The van der Waals surface area contributed by atoms with E-state index in [9.17, 15) is 18.9 Å². The standard InChI is InChI=1S/C16H9ClF2N4O2/c17-10-5-14-8(3-11(10)18)1-2-22(14)16-9-4-15(23(24)25)12(19)6-13(9)20-7-21-16/h3-7H,1-2H2. The molecule has 6 nitrogen and oxygen atoms in total. The number of hydrogen-bond donors (Lipinski definition) is 0. The summed E-state index contributed by atoms with van der Waals surface area (Å²) in [4.78, 5) is 20.2. The Bertz CT molecular complexity index is 1040. The topological polar surface area (TPSA) is 72.2 Å². The lowest BCUT2D eigenvalue weighted by atomic mass is 10.1. The fraction of sp³-hybridized carbons (Fsp3) is 0.125. The highest BCUT2D eigenvalue weighted by Gasteiger charge is 2.26. The number of fused-ring (bicyclic) bond motifs is 2. The fourth-order valence-electron chi connectivity index (χ4n) is 3.01. The lowest BCUT2D eigenvalue weighted by Gasteiger charge is -2.20. The van der Waals surface area contributed by atoms with Gasteiger partial charge in [-0.2, -0.15) is 4.39 Å². The first-order valence-electron chi connectivity index (χ1n) is 7.30. The highest BCUT2D eigenvalue weighted by Crippen LogP contribution is 2.39. The van der Waals surface area contributed by atoms with Gasteiger partial charge in [0.25, 0.3) is 0 Å². The Balaban J connectivity index is 1.93. The lowest BCUT2D eigenvalue weighted by molar-refractivity contribution is -0.387. The summed E-state index contributed by atoms with van der Waals surface area (Å²) in [5.41, 5.74) is 1.01. The van der Waals surface area contributed by atoms with Crippen LogP contribution in [0.1, 0.15) is 5.56 Å². The van der Waals surface area contributed by atoms with Crippen molar-refractivity contribution in [3.63, 3.8) is 0 Å². The smallest absolute Gasteiger partial charge is 0.305 e. The van der Waals surface area contributed by atoms with E-state index in [2.05, 4.69) is 9.97 Å². The van der Waals surface area contributed by atoms with Gasteiger partial charge in [0.05, 0.1) is 20.8 Å². The number of anilines is 2. The van der Waals surface area contributed by atoms with Crippen molar-refractivity contribution in [2.75, 3.05) is 11.4 Å². The van der Waals surface area contributed by atoms with Gasteiger partial charge in [0, 0.05) is 24.4 Å². The Labute approximate surface area is 144 Å². The second kappa shape index (κ2) is 5.59. The van der Waals surface area contributed by atoms with Gasteiger partial charge >= 0.3 is 5.69 Å². The Morgan fingerprint density at radius 2 is 1.96 bits per heavy atom. The van der Waals surface area contributed by atoms with Gasteiger partial charge in [0.1, 0.15) is 18.0 Å². The molecule has 0 N–H and O–H groups in total. The van der Waals surface area contributed by atoms with E-state index in [4.69, 9.17) is 11.6 Å². The van der Waals surface area contributed by atoms with E-state index in [1.54, 1.807) is 4.90 Å². The molecule has 0 aliphatic carbocycles. The van der Waals surface area contributed by atoms with Crippen molar-refractivity contribution in [3.05, 3.63) is 62.9 Å². The highest BCUT2D eigenvalue weighted by molar-refractivity contribution is 6.31. The number of nitro groups is 1. The molecule has 0 amide bonds. The third kappa shape index (κ3) is 2.45. The average molecular weight is 363 g/mol. The Kier molecular flexibility index (Phi) is 3.50. The molecular weight excluding hydrogens is 354 g/mol. The third-order valence-corrected chi connectivity index (χ3v) is 4.44. The molecule has 0 spiro atoms. The molecule has 0 radical (unpaired) electrons. The minimum Gasteiger partial charge on any atom is -0.325 e. The molecule has 4 rings (SSSR count). The number of rotatable bonds is 2. The molecule has 1 aliphatic heterocycles. The molecule has 0 bridgehead atoms. The summed E-state index contributed by atoms with van der Waals surface area (Å²) in [6.45, 7) is 0.492. The summed E-state index contributed by atoms with van der Waals surface area (Å²) >= 11 is 5.88. The van der Waals surface area contributed by atoms with E-state index in [0.717, 1.165) is 17.7 Å². The van der Waals surface area contributed by atoms with Crippen LogP contribution in [0, 0.1) is 21.7 Å². The first-order chi connectivity index (χ1) is 12.0. The molecule has 0 fully saturated rings. The molecule has 0 saturated heterocycles. The number of halogens is 3. The minimum atomic E-state index is -0.964. The van der Waals surface area contributed by atoms with Crippen molar-refractivity contribution in [2.45, 2.75) is 6.42 Å². The molecule has 2 aromatic carbocycles. The van der Waals surface area contributed by atoms with E-state index in [0.29, 0.717) is 29.9 Å². The van der Waals surface area contributed by atoms with Gasteiger partial charge in [0.15, 0.2) is 0 Å². The van der Waals surface area contributed by atoms with Crippen LogP contribution in [0.5, 0.6) is 0 Å². The molecule has 3 aromatic rings. The molecule has 1 aromatic heterocycles. The van der Waals surface area contributed by atoms with E-state index in [-0.39, 0.29) is 10.5 Å². The van der Waals surface area contributed by atoms with Crippen LogP contribution in [0.2, 0.25) is 5.02 Å². The predicted molar refractivity (Wildman–Crippen MR) is 88.3 cm³/mol. The number of nitro benzene ring substituents is 1. The summed E-state index contributed by atoms with van der Waals surface area (Å²) in [5, 5.41) is 11.3. The molecule has 0 unspecified atom stereocenters. The first kappa shape index (κ1) is 15.6. The SMILES string of the molecule is O=[N+]([O-])c1cc2c(N3CCc4cc(F)c(Cl)cc43)ncnc2cc1F. The largest absolute Gasteiger partial charge is 0.325 e. The Morgan fingerprint density at radius 1 is 1.16 bits per heavy atom. The zero-order valence-corrected chi connectivity index (χ0v) is 13.3. The van der Waals surface area contributed by atoms with Gasteiger partial charge in [-0.25, -0.2) is 14.4 Å². The van der Waals surface area contributed by atoms with Crippen LogP contribution in [0.15, 0.2) is 30.6 Å². The fourth-order valence-corrected chi connectivity index (χ4v) is 3.17. The zero-order chi connectivity index (χ0) is 17.7. The average Bonchev–Trinajstić information content (AvgIpc) is 2.96. The lowest BCUT2D eigenvalue weighted by Crippen LogP contribution is -2.15. The van der Waals surface area contributed by atoms with E-state index in [1.165, 1.54) is 18.5 Å². The minimum absolute atomic E-state index is 0.0268. The van der Waals surface area contributed by atoms with Crippen LogP contribution in [-0.2, 0) is 6.42 Å². The van der Waals surface area contributed by atoms with Gasteiger partial charge in [-0.15, -0.1) is 0 Å². The van der Waals surface area contributed by atoms with Crippen molar-refractivity contribution in [3.8, 4) is 0 Å². The summed E-state index contributed by atoms with van der Waals surface area (Å²) in [6, 6.07) is 4.98. The Morgan fingerprint density at radius 3 is 2.72 bits per heavy atom. The highest BCUT2D eigenvalue weighted by atomic mass is 35.5. The molecule has 126 valence electrons. The normalized spacial score (nSPS) is 13.3. The van der Waals surface area contributed by atoms with Crippen LogP contribution in [-0.4, -0.2) is 21.4 Å². The van der Waals surface area contributed by atoms with E-state index in [1.807, 2.05) is 0 Å². The summed E-state index contributed by atoms with van der Waals surface area (Å²) in [6.07, 6.45) is 1.82. The van der Waals surface area contributed by atoms with Crippen molar-refractivity contribution < 1.29 is 13.7 Å². The number of benzene rings is 2. The Hall–Kier alpha value is -2.87. The summed E-state index contributed by atoms with van der Waals surface area (Å²) in [7, 11) is 0. The van der Waals surface area contributed by atoms with Gasteiger partial charge in [0.2, 0.25) is 5.82 Å². The van der Waals surface area contributed by atoms with Gasteiger partial charge in [-0.1, -0.05) is 11.6 Å². The van der Waals surface area contributed by atoms with Gasteiger partial charge < -0.3 is 4.90 Å². The molecule has 2 heterocycles. The maximum Gasteiger partial charge on any atom is 0.305 e. The van der Waals surface area contributed by atoms with E-state index >= 15 is 0 Å². The second-order valence-corrected chi connectivity index (χ2v) is 5.98.